The zero-order valence-corrected chi connectivity index (χ0v) is 14.0. The standard InChI is InChI=1S/C16H11BrCl2N2/c17-13-5-3-10(16-12(13)2-1-7-20-16)9-21-15-6-4-11(18)8-14(15)19/h1-8,21H,9H2. The minimum absolute atomic E-state index is 0.608. The van der Waals surface area contributed by atoms with Crippen LogP contribution in [0.25, 0.3) is 10.9 Å². The zero-order chi connectivity index (χ0) is 14.8. The zero-order valence-electron chi connectivity index (χ0n) is 10.9. The molecule has 0 unspecified atom stereocenters. The number of pyridine rings is 1. The lowest BCUT2D eigenvalue weighted by Crippen LogP contribution is -2.01. The van der Waals surface area contributed by atoms with Crippen molar-refractivity contribution in [3.8, 4) is 0 Å². The second-order valence-electron chi connectivity index (χ2n) is 4.58. The molecule has 3 aromatic rings. The molecule has 1 heterocycles. The maximum atomic E-state index is 6.17. The molecule has 5 heteroatoms. The van der Waals surface area contributed by atoms with Crippen LogP contribution in [0.15, 0.2) is 53.1 Å². The molecule has 0 aliphatic heterocycles. The Labute approximate surface area is 141 Å². The Morgan fingerprint density at radius 2 is 1.95 bits per heavy atom. The minimum atomic E-state index is 0.608. The van der Waals surface area contributed by atoms with Gasteiger partial charge in [0.05, 0.1) is 16.2 Å². The summed E-state index contributed by atoms with van der Waals surface area (Å²) < 4.78 is 1.04. The first-order valence-corrected chi connectivity index (χ1v) is 7.91. The highest BCUT2D eigenvalue weighted by atomic mass is 79.9. The number of hydrogen-bond acceptors (Lipinski definition) is 2. The van der Waals surface area contributed by atoms with E-state index in [-0.39, 0.29) is 0 Å². The van der Waals surface area contributed by atoms with E-state index in [1.165, 1.54) is 0 Å². The summed E-state index contributed by atoms with van der Waals surface area (Å²) in [5, 5.41) is 5.65. The van der Waals surface area contributed by atoms with Crippen LogP contribution in [-0.2, 0) is 6.54 Å². The third kappa shape index (κ3) is 3.15. The number of rotatable bonds is 3. The van der Waals surface area contributed by atoms with E-state index in [0.717, 1.165) is 26.6 Å². The van der Waals surface area contributed by atoms with E-state index in [9.17, 15) is 0 Å². The number of nitrogens with zero attached hydrogens (tertiary/aromatic N) is 1. The molecule has 0 aliphatic carbocycles. The molecule has 0 aliphatic rings. The van der Waals surface area contributed by atoms with E-state index in [0.29, 0.717) is 16.6 Å². The second-order valence-corrected chi connectivity index (χ2v) is 6.28. The van der Waals surface area contributed by atoms with Crippen LogP contribution in [0.2, 0.25) is 10.0 Å². The Kier molecular flexibility index (Phi) is 4.34. The number of anilines is 1. The van der Waals surface area contributed by atoms with Crippen LogP contribution in [0, 0.1) is 0 Å². The molecule has 1 aromatic heterocycles. The first-order chi connectivity index (χ1) is 10.1. The summed E-state index contributed by atoms with van der Waals surface area (Å²) in [6.45, 7) is 0.641. The van der Waals surface area contributed by atoms with Crippen molar-refractivity contribution in [1.29, 1.82) is 0 Å². The molecule has 0 amide bonds. The molecule has 21 heavy (non-hydrogen) atoms. The lowest BCUT2D eigenvalue weighted by atomic mass is 10.1. The van der Waals surface area contributed by atoms with Crippen molar-refractivity contribution in [3.63, 3.8) is 0 Å². The van der Waals surface area contributed by atoms with E-state index in [4.69, 9.17) is 23.2 Å². The van der Waals surface area contributed by atoms with Gasteiger partial charge in [-0.05, 0) is 35.9 Å². The number of halogens is 3. The summed E-state index contributed by atoms with van der Waals surface area (Å²) in [6.07, 6.45) is 1.80. The van der Waals surface area contributed by atoms with Crippen LogP contribution in [0.3, 0.4) is 0 Å². The molecule has 0 bridgehead atoms. The fraction of sp³-hybridized carbons (Fsp3) is 0.0625. The monoisotopic (exact) mass is 380 g/mol. The highest BCUT2D eigenvalue weighted by molar-refractivity contribution is 9.10. The van der Waals surface area contributed by atoms with E-state index < -0.39 is 0 Å². The fourth-order valence-electron chi connectivity index (χ4n) is 2.16. The van der Waals surface area contributed by atoms with Crippen molar-refractivity contribution in [2.45, 2.75) is 6.54 Å². The van der Waals surface area contributed by atoms with Crippen molar-refractivity contribution in [2.75, 3.05) is 5.32 Å². The molecule has 1 N–H and O–H groups in total. The number of fused-ring (bicyclic) bond motifs is 1. The van der Waals surface area contributed by atoms with E-state index >= 15 is 0 Å². The summed E-state index contributed by atoms with van der Waals surface area (Å²) in [5.41, 5.74) is 2.94. The van der Waals surface area contributed by atoms with Gasteiger partial charge in [0.25, 0.3) is 0 Å². The molecular weight excluding hydrogens is 371 g/mol. The summed E-state index contributed by atoms with van der Waals surface area (Å²) in [6, 6.07) is 13.5. The van der Waals surface area contributed by atoms with Gasteiger partial charge in [0, 0.05) is 27.6 Å². The molecule has 3 rings (SSSR count). The molecule has 0 fully saturated rings. The number of nitrogens with one attached hydrogen (secondary N) is 1. The van der Waals surface area contributed by atoms with Crippen LogP contribution in [-0.4, -0.2) is 4.98 Å². The normalized spacial score (nSPS) is 10.8. The Morgan fingerprint density at radius 3 is 2.76 bits per heavy atom. The Hall–Kier alpha value is -1.29. The Morgan fingerprint density at radius 1 is 1.10 bits per heavy atom. The van der Waals surface area contributed by atoms with E-state index in [1.807, 2.05) is 30.3 Å². The van der Waals surface area contributed by atoms with E-state index in [1.54, 1.807) is 12.3 Å². The maximum Gasteiger partial charge on any atom is 0.0763 e. The smallest absolute Gasteiger partial charge is 0.0763 e. The van der Waals surface area contributed by atoms with Crippen LogP contribution >= 0.6 is 39.1 Å². The Balaban J connectivity index is 1.90. The fourth-order valence-corrected chi connectivity index (χ4v) is 3.09. The van der Waals surface area contributed by atoms with Gasteiger partial charge >= 0.3 is 0 Å². The van der Waals surface area contributed by atoms with Gasteiger partial charge in [-0.2, -0.15) is 0 Å². The summed E-state index contributed by atoms with van der Waals surface area (Å²) in [7, 11) is 0. The third-order valence-electron chi connectivity index (χ3n) is 3.20. The molecule has 2 nitrogen and oxygen atoms in total. The van der Waals surface area contributed by atoms with Gasteiger partial charge in [0.2, 0.25) is 0 Å². The van der Waals surface area contributed by atoms with Crippen LogP contribution in [0.4, 0.5) is 5.69 Å². The van der Waals surface area contributed by atoms with Gasteiger partial charge in [-0.3, -0.25) is 4.98 Å². The summed E-state index contributed by atoms with van der Waals surface area (Å²) in [4.78, 5) is 4.47. The predicted molar refractivity (Wildman–Crippen MR) is 93.2 cm³/mol. The van der Waals surface area contributed by atoms with Crippen LogP contribution < -0.4 is 5.32 Å². The number of benzene rings is 2. The number of hydrogen-bond donors (Lipinski definition) is 1. The number of aromatic nitrogens is 1. The van der Waals surface area contributed by atoms with Gasteiger partial charge in [-0.1, -0.05) is 51.3 Å². The first kappa shape index (κ1) is 14.6. The van der Waals surface area contributed by atoms with Gasteiger partial charge in [0.1, 0.15) is 0 Å². The van der Waals surface area contributed by atoms with Gasteiger partial charge in [0.15, 0.2) is 0 Å². The molecular formula is C16H11BrCl2N2. The molecule has 2 aromatic carbocycles. The summed E-state index contributed by atoms with van der Waals surface area (Å²) >= 11 is 15.6. The quantitative estimate of drug-likeness (QED) is 0.609. The van der Waals surface area contributed by atoms with Gasteiger partial charge < -0.3 is 5.32 Å². The molecule has 0 atom stereocenters. The second kappa shape index (κ2) is 6.22. The maximum absolute atomic E-state index is 6.17. The van der Waals surface area contributed by atoms with Gasteiger partial charge in [-0.25, -0.2) is 0 Å². The van der Waals surface area contributed by atoms with Crippen molar-refractivity contribution in [1.82, 2.24) is 4.98 Å². The summed E-state index contributed by atoms with van der Waals surface area (Å²) in [5.74, 6) is 0. The third-order valence-corrected chi connectivity index (χ3v) is 4.44. The largest absolute Gasteiger partial charge is 0.380 e. The highest BCUT2D eigenvalue weighted by Gasteiger charge is 2.06. The van der Waals surface area contributed by atoms with E-state index in [2.05, 4.69) is 32.3 Å². The van der Waals surface area contributed by atoms with Crippen molar-refractivity contribution >= 4 is 55.7 Å². The minimum Gasteiger partial charge on any atom is -0.380 e. The lowest BCUT2D eigenvalue weighted by molar-refractivity contribution is 1.15. The van der Waals surface area contributed by atoms with Crippen molar-refractivity contribution < 1.29 is 0 Å². The first-order valence-electron chi connectivity index (χ1n) is 6.36. The average molecular weight is 382 g/mol. The molecule has 0 radical (unpaired) electrons. The predicted octanol–water partition coefficient (Wildman–Crippen LogP) is 5.92. The van der Waals surface area contributed by atoms with Crippen molar-refractivity contribution in [2.24, 2.45) is 0 Å². The van der Waals surface area contributed by atoms with Gasteiger partial charge in [-0.15, -0.1) is 0 Å². The molecule has 0 spiro atoms. The SMILES string of the molecule is Clc1ccc(NCc2ccc(Br)c3cccnc23)c(Cl)c1. The average Bonchev–Trinajstić information content (AvgIpc) is 2.48. The van der Waals surface area contributed by atoms with Crippen LogP contribution in [0.5, 0.6) is 0 Å². The molecule has 106 valence electrons. The highest BCUT2D eigenvalue weighted by Crippen LogP contribution is 2.28. The van der Waals surface area contributed by atoms with Crippen LogP contribution in [0.1, 0.15) is 5.56 Å². The van der Waals surface area contributed by atoms with Crippen molar-refractivity contribution in [3.05, 3.63) is 68.7 Å². The molecule has 0 saturated carbocycles. The molecule has 0 saturated heterocycles. The topological polar surface area (TPSA) is 24.9 Å². The lowest BCUT2D eigenvalue weighted by Gasteiger charge is -2.11. The Bertz CT molecular complexity index is 805.